The molecule has 0 unspecified atom stereocenters. The van der Waals surface area contributed by atoms with Crippen LogP contribution in [0.25, 0.3) is 6.08 Å². The van der Waals surface area contributed by atoms with Gasteiger partial charge in [-0.1, -0.05) is 35.6 Å². The topological polar surface area (TPSA) is 29.5 Å². The summed E-state index contributed by atoms with van der Waals surface area (Å²) in [6, 6.07) is 5.33. The largest absolute Gasteiger partial charge is 0.493 e. The maximum Gasteiger partial charge on any atom is 0.265 e. The highest BCUT2D eigenvalue weighted by Gasteiger charge is 2.28. The van der Waals surface area contributed by atoms with Crippen LogP contribution in [0.15, 0.2) is 23.1 Å². The molecule has 0 bridgehead atoms. The van der Waals surface area contributed by atoms with Crippen LogP contribution in [0.4, 0.5) is 0 Å². The van der Waals surface area contributed by atoms with E-state index in [9.17, 15) is 4.79 Å². The van der Waals surface area contributed by atoms with Gasteiger partial charge in [0.25, 0.3) is 5.91 Å². The van der Waals surface area contributed by atoms with E-state index in [4.69, 9.17) is 28.6 Å². The lowest BCUT2D eigenvalue weighted by molar-refractivity contribution is -0.121. The standard InChI is InChI=1S/C13H12ClNO2S2/c1-3-17-10-5-4-9(14)6-8(10)7-11-12(16)15(2)13(18)19-11/h4-7H,3H2,1-2H3. The SMILES string of the molecule is CCOc1ccc(Cl)cc1C=C1SC(=S)N(C)C1=O. The number of hydrogen-bond acceptors (Lipinski definition) is 4. The summed E-state index contributed by atoms with van der Waals surface area (Å²) in [7, 11) is 1.67. The molecule has 0 aromatic heterocycles. The van der Waals surface area contributed by atoms with E-state index in [1.165, 1.54) is 16.7 Å². The number of carbonyl (C=O) groups is 1. The molecule has 1 aliphatic heterocycles. The maximum atomic E-state index is 11.9. The van der Waals surface area contributed by atoms with Crippen LogP contribution >= 0.6 is 35.6 Å². The molecule has 1 heterocycles. The monoisotopic (exact) mass is 313 g/mol. The number of benzene rings is 1. The van der Waals surface area contributed by atoms with Gasteiger partial charge in [0.1, 0.15) is 10.1 Å². The van der Waals surface area contributed by atoms with Crippen LogP contribution in [-0.2, 0) is 4.79 Å². The molecule has 1 aliphatic rings. The highest BCUT2D eigenvalue weighted by molar-refractivity contribution is 8.26. The molecule has 1 amide bonds. The van der Waals surface area contributed by atoms with Gasteiger partial charge in [-0.15, -0.1) is 0 Å². The van der Waals surface area contributed by atoms with Crippen molar-refractivity contribution >= 4 is 51.9 Å². The van der Waals surface area contributed by atoms with Crippen LogP contribution < -0.4 is 4.74 Å². The molecule has 1 saturated heterocycles. The van der Waals surface area contributed by atoms with Crippen LogP contribution in [0.2, 0.25) is 5.02 Å². The zero-order valence-electron chi connectivity index (χ0n) is 10.5. The van der Waals surface area contributed by atoms with Crippen molar-refractivity contribution in [1.29, 1.82) is 0 Å². The minimum atomic E-state index is -0.0996. The summed E-state index contributed by atoms with van der Waals surface area (Å²) in [5.74, 6) is 0.602. The number of nitrogens with zero attached hydrogens (tertiary/aromatic N) is 1. The summed E-state index contributed by atoms with van der Waals surface area (Å²) in [4.78, 5) is 14.0. The van der Waals surface area contributed by atoms with Gasteiger partial charge in [-0.25, -0.2) is 0 Å². The Morgan fingerprint density at radius 1 is 1.53 bits per heavy atom. The number of halogens is 1. The van der Waals surface area contributed by atoms with Crippen molar-refractivity contribution in [2.45, 2.75) is 6.92 Å². The van der Waals surface area contributed by atoms with Crippen LogP contribution in [0.1, 0.15) is 12.5 Å². The van der Waals surface area contributed by atoms with Crippen LogP contribution in [-0.4, -0.2) is 28.8 Å². The first kappa shape index (κ1) is 14.4. The van der Waals surface area contributed by atoms with Crippen molar-refractivity contribution in [3.63, 3.8) is 0 Å². The molecule has 0 radical (unpaired) electrons. The quantitative estimate of drug-likeness (QED) is 0.630. The highest BCUT2D eigenvalue weighted by atomic mass is 35.5. The summed E-state index contributed by atoms with van der Waals surface area (Å²) in [5.41, 5.74) is 0.781. The van der Waals surface area contributed by atoms with Crippen molar-refractivity contribution in [3.8, 4) is 5.75 Å². The molecule has 1 aromatic carbocycles. The van der Waals surface area contributed by atoms with Gasteiger partial charge in [-0.05, 0) is 31.2 Å². The minimum Gasteiger partial charge on any atom is -0.493 e. The van der Waals surface area contributed by atoms with Gasteiger partial charge in [-0.3, -0.25) is 9.69 Å². The predicted octanol–water partition coefficient (Wildman–Crippen LogP) is 3.57. The average Bonchev–Trinajstić information content (AvgIpc) is 2.61. The Kier molecular flexibility index (Phi) is 4.50. The number of likely N-dealkylation sites (N-methyl/N-ethyl adjacent to an activating group) is 1. The molecule has 0 aliphatic carbocycles. The summed E-state index contributed by atoms with van der Waals surface area (Å²) in [5, 5.41) is 0.599. The molecular formula is C13H12ClNO2S2. The molecule has 3 nitrogen and oxygen atoms in total. The van der Waals surface area contributed by atoms with E-state index in [2.05, 4.69) is 0 Å². The second-order valence-corrected chi connectivity index (χ2v) is 5.97. The third-order valence-electron chi connectivity index (χ3n) is 2.54. The fraction of sp³-hybridized carbons (Fsp3) is 0.231. The Labute approximate surface area is 126 Å². The van der Waals surface area contributed by atoms with Gasteiger partial charge >= 0.3 is 0 Å². The van der Waals surface area contributed by atoms with Gasteiger partial charge in [0, 0.05) is 17.6 Å². The normalized spacial score (nSPS) is 17.4. The van der Waals surface area contributed by atoms with Gasteiger partial charge in [0.15, 0.2) is 0 Å². The van der Waals surface area contributed by atoms with E-state index in [1.54, 1.807) is 31.3 Å². The number of rotatable bonds is 3. The third-order valence-corrected chi connectivity index (χ3v) is 4.26. The first-order chi connectivity index (χ1) is 9.02. The second kappa shape index (κ2) is 5.94. The molecule has 0 spiro atoms. The smallest absolute Gasteiger partial charge is 0.265 e. The molecule has 19 heavy (non-hydrogen) atoms. The number of thioether (sulfide) groups is 1. The number of ether oxygens (including phenoxy) is 1. The van der Waals surface area contributed by atoms with Crippen molar-refractivity contribution in [2.75, 3.05) is 13.7 Å². The van der Waals surface area contributed by atoms with Gasteiger partial charge in [-0.2, -0.15) is 0 Å². The first-order valence-corrected chi connectivity index (χ1v) is 7.27. The Balaban J connectivity index is 2.40. The zero-order chi connectivity index (χ0) is 14.0. The highest BCUT2D eigenvalue weighted by Crippen LogP contribution is 2.34. The number of hydrogen-bond donors (Lipinski definition) is 0. The van der Waals surface area contributed by atoms with Crippen molar-refractivity contribution in [3.05, 3.63) is 33.7 Å². The van der Waals surface area contributed by atoms with E-state index in [-0.39, 0.29) is 5.91 Å². The molecule has 0 saturated carbocycles. The Morgan fingerprint density at radius 2 is 2.26 bits per heavy atom. The lowest BCUT2D eigenvalue weighted by Gasteiger charge is -2.08. The molecule has 2 rings (SSSR count). The number of carbonyl (C=O) groups excluding carboxylic acids is 1. The molecule has 1 aromatic rings. The van der Waals surface area contributed by atoms with Crippen LogP contribution in [0.3, 0.4) is 0 Å². The minimum absolute atomic E-state index is 0.0996. The van der Waals surface area contributed by atoms with Crippen molar-refractivity contribution < 1.29 is 9.53 Å². The Morgan fingerprint density at radius 3 is 2.84 bits per heavy atom. The number of amides is 1. The fourth-order valence-corrected chi connectivity index (χ4v) is 2.96. The van der Waals surface area contributed by atoms with Crippen LogP contribution in [0, 0.1) is 0 Å². The summed E-state index contributed by atoms with van der Waals surface area (Å²) >= 11 is 12.4. The zero-order valence-corrected chi connectivity index (χ0v) is 12.9. The second-order valence-electron chi connectivity index (χ2n) is 3.86. The average molecular weight is 314 g/mol. The lowest BCUT2D eigenvalue weighted by Crippen LogP contribution is -2.22. The van der Waals surface area contributed by atoms with Crippen molar-refractivity contribution in [1.82, 2.24) is 4.90 Å². The first-order valence-electron chi connectivity index (χ1n) is 5.67. The van der Waals surface area contributed by atoms with E-state index in [1.807, 2.05) is 6.92 Å². The summed E-state index contributed by atoms with van der Waals surface area (Å²) in [6.45, 7) is 2.46. The Hall–Kier alpha value is -1.04. The molecule has 100 valence electrons. The molecule has 0 atom stereocenters. The molecule has 0 N–H and O–H groups in total. The van der Waals surface area contributed by atoms with Gasteiger partial charge in [0.2, 0.25) is 0 Å². The van der Waals surface area contributed by atoms with Crippen LogP contribution in [0.5, 0.6) is 5.75 Å². The lowest BCUT2D eigenvalue weighted by atomic mass is 10.2. The van der Waals surface area contributed by atoms with E-state index in [0.29, 0.717) is 26.6 Å². The summed E-state index contributed by atoms with van der Waals surface area (Å²) < 4.78 is 6.07. The molecule has 6 heteroatoms. The number of thiocarbonyl (C=S) groups is 1. The molecule has 1 fully saturated rings. The predicted molar refractivity (Wildman–Crippen MR) is 83.6 cm³/mol. The van der Waals surface area contributed by atoms with Gasteiger partial charge in [0.05, 0.1) is 11.5 Å². The Bertz CT molecular complexity index is 572. The fourth-order valence-electron chi connectivity index (χ4n) is 1.61. The maximum absolute atomic E-state index is 11.9. The third kappa shape index (κ3) is 3.11. The van der Waals surface area contributed by atoms with E-state index in [0.717, 1.165) is 5.56 Å². The summed E-state index contributed by atoms with van der Waals surface area (Å²) in [6.07, 6.45) is 1.76. The van der Waals surface area contributed by atoms with Crippen molar-refractivity contribution in [2.24, 2.45) is 0 Å². The van der Waals surface area contributed by atoms with Gasteiger partial charge < -0.3 is 4.74 Å². The van der Waals surface area contributed by atoms with E-state index < -0.39 is 0 Å². The van der Waals surface area contributed by atoms with E-state index >= 15 is 0 Å². The molecular weight excluding hydrogens is 302 g/mol.